The van der Waals surface area contributed by atoms with Crippen LogP contribution in [0, 0.1) is 5.41 Å². The van der Waals surface area contributed by atoms with E-state index in [1.807, 2.05) is 39.0 Å². The fourth-order valence-corrected chi connectivity index (χ4v) is 3.81. The van der Waals surface area contributed by atoms with Gasteiger partial charge in [0.05, 0.1) is 11.6 Å². The molecule has 2 aromatic carbocycles. The number of aromatic hydroxyl groups is 1. The summed E-state index contributed by atoms with van der Waals surface area (Å²) in [4.78, 5) is 22.7. The molecular weight excluding hydrogens is 490 g/mol. The number of benzene rings is 2. The van der Waals surface area contributed by atoms with Crippen molar-refractivity contribution < 1.29 is 19.4 Å². The Bertz CT molecular complexity index is 1140. The predicted octanol–water partition coefficient (Wildman–Crippen LogP) is 3.72. The fraction of sp³-hybridized carbons (Fsp3) is 0.348. The minimum Gasteiger partial charge on any atom is -0.505 e. The molecule has 3 rings (SSSR count). The third-order valence-corrected chi connectivity index (χ3v) is 5.69. The molecule has 0 saturated heterocycles. The van der Waals surface area contributed by atoms with Gasteiger partial charge in [-0.15, -0.1) is 0 Å². The van der Waals surface area contributed by atoms with E-state index >= 15 is 0 Å². The Balaban J connectivity index is 1.99. The number of nitrogens with two attached hydrogens (primary N) is 2. The number of fused-ring (bicyclic) bond motifs is 1. The molecule has 0 aliphatic carbocycles. The number of phenols is 1. The standard InChI is InChI=1S/C23H28BrN5O4/c1-23(2,3)19(12-6-9-15-16(10-12)33-11-32-15)28-21(26)20(25)27-14-8-7-13(24)17(18(14)30)22(31)29(4)5/h6-10,19,30H,11H2,1-5H3,(H2,25,27)(H2,26,28)/t19-/m0/s1. The largest absolute Gasteiger partial charge is 0.505 e. The maximum absolute atomic E-state index is 12.4. The first-order valence-corrected chi connectivity index (χ1v) is 11.0. The fourth-order valence-electron chi connectivity index (χ4n) is 3.32. The number of aliphatic imine (C=N–C) groups is 2. The van der Waals surface area contributed by atoms with Gasteiger partial charge in [-0.05, 0) is 51.2 Å². The summed E-state index contributed by atoms with van der Waals surface area (Å²) in [5.41, 5.74) is 13.1. The van der Waals surface area contributed by atoms with Crippen LogP contribution in [-0.4, -0.2) is 48.5 Å². The molecular formula is C23H28BrN5O4. The van der Waals surface area contributed by atoms with Crippen LogP contribution in [0.15, 0.2) is 44.8 Å². The summed E-state index contributed by atoms with van der Waals surface area (Å²) < 4.78 is 11.3. The zero-order valence-electron chi connectivity index (χ0n) is 19.2. The molecule has 1 heterocycles. The monoisotopic (exact) mass is 517 g/mol. The van der Waals surface area contributed by atoms with Crippen LogP contribution in [0.25, 0.3) is 0 Å². The van der Waals surface area contributed by atoms with Gasteiger partial charge >= 0.3 is 0 Å². The molecule has 0 radical (unpaired) electrons. The van der Waals surface area contributed by atoms with Gasteiger partial charge in [0.2, 0.25) is 6.79 Å². The van der Waals surface area contributed by atoms with Crippen LogP contribution in [0.1, 0.15) is 42.7 Å². The van der Waals surface area contributed by atoms with Crippen molar-refractivity contribution in [1.29, 1.82) is 0 Å². The van der Waals surface area contributed by atoms with Crippen LogP contribution in [0.3, 0.4) is 0 Å². The van der Waals surface area contributed by atoms with Gasteiger partial charge in [-0.25, -0.2) is 4.99 Å². The van der Waals surface area contributed by atoms with E-state index in [1.165, 1.54) is 11.0 Å². The highest BCUT2D eigenvalue weighted by Gasteiger charge is 2.28. The quantitative estimate of drug-likeness (QED) is 0.417. The number of hydrogen-bond donors (Lipinski definition) is 3. The number of phenolic OH excluding ortho intramolecular Hbond substituents is 1. The predicted molar refractivity (Wildman–Crippen MR) is 131 cm³/mol. The van der Waals surface area contributed by atoms with Gasteiger partial charge in [0.15, 0.2) is 28.9 Å². The molecule has 1 aliphatic rings. The Morgan fingerprint density at radius 1 is 1.12 bits per heavy atom. The topological polar surface area (TPSA) is 136 Å². The lowest BCUT2D eigenvalue weighted by Gasteiger charge is -2.28. The van der Waals surface area contributed by atoms with Crippen LogP contribution in [0.4, 0.5) is 5.69 Å². The first-order chi connectivity index (χ1) is 15.4. The summed E-state index contributed by atoms with van der Waals surface area (Å²) in [6.45, 7) is 6.28. The number of nitrogens with zero attached hydrogens (tertiary/aromatic N) is 3. The molecule has 9 nitrogen and oxygen atoms in total. The van der Waals surface area contributed by atoms with Crippen molar-refractivity contribution in [3.05, 3.63) is 45.9 Å². The highest BCUT2D eigenvalue weighted by Crippen LogP contribution is 2.41. The summed E-state index contributed by atoms with van der Waals surface area (Å²) >= 11 is 3.29. The minimum absolute atomic E-state index is 0.00963. The second-order valence-corrected chi connectivity index (χ2v) is 9.74. The van der Waals surface area contributed by atoms with Crippen molar-refractivity contribution >= 4 is 39.2 Å². The first kappa shape index (κ1) is 24.4. The second-order valence-electron chi connectivity index (χ2n) is 8.88. The summed E-state index contributed by atoms with van der Waals surface area (Å²) in [5, 5.41) is 10.7. The number of carbonyl (C=O) groups is 1. The van der Waals surface area contributed by atoms with Gasteiger partial charge in [0.1, 0.15) is 5.69 Å². The van der Waals surface area contributed by atoms with Crippen LogP contribution in [-0.2, 0) is 0 Å². The molecule has 0 aromatic heterocycles. The van der Waals surface area contributed by atoms with Crippen LogP contribution < -0.4 is 20.9 Å². The molecule has 0 fully saturated rings. The summed E-state index contributed by atoms with van der Waals surface area (Å²) in [5.74, 6) is 0.573. The summed E-state index contributed by atoms with van der Waals surface area (Å²) in [6, 6.07) is 8.41. The molecule has 10 heteroatoms. The maximum Gasteiger partial charge on any atom is 0.258 e. The molecule has 1 atom stereocenters. The Hall–Kier alpha value is -3.27. The lowest BCUT2D eigenvalue weighted by atomic mass is 9.82. The molecule has 5 N–H and O–H groups in total. The van der Waals surface area contributed by atoms with E-state index in [0.29, 0.717) is 16.0 Å². The van der Waals surface area contributed by atoms with Gasteiger partial charge in [-0.2, -0.15) is 0 Å². The molecule has 1 aliphatic heterocycles. The Kier molecular flexibility index (Phi) is 6.87. The molecule has 0 bridgehead atoms. The van der Waals surface area contributed by atoms with Crippen molar-refractivity contribution in [3.8, 4) is 17.2 Å². The van der Waals surface area contributed by atoms with Gasteiger partial charge in [0.25, 0.3) is 5.91 Å². The number of carbonyl (C=O) groups excluding carboxylic acids is 1. The third kappa shape index (κ3) is 5.22. The number of amidine groups is 2. The molecule has 0 spiro atoms. The summed E-state index contributed by atoms with van der Waals surface area (Å²) in [7, 11) is 3.18. The SMILES string of the molecule is CN(C)C(=O)c1c(Br)ccc(N=C(N)C(N)=N[C@@H](c2ccc3c(c2)OCO3)C(C)(C)C)c1O. The van der Waals surface area contributed by atoms with E-state index in [9.17, 15) is 9.90 Å². The van der Waals surface area contributed by atoms with E-state index in [0.717, 1.165) is 5.56 Å². The minimum atomic E-state index is -0.382. The molecule has 1 amide bonds. The average molecular weight is 518 g/mol. The van der Waals surface area contributed by atoms with Gasteiger partial charge < -0.3 is 30.9 Å². The molecule has 0 unspecified atom stereocenters. The normalized spacial score (nSPS) is 14.8. The van der Waals surface area contributed by atoms with Crippen molar-refractivity contribution in [2.45, 2.75) is 26.8 Å². The average Bonchev–Trinajstić information content (AvgIpc) is 3.20. The Labute approximate surface area is 201 Å². The van der Waals surface area contributed by atoms with Crippen molar-refractivity contribution in [1.82, 2.24) is 4.90 Å². The summed E-state index contributed by atoms with van der Waals surface area (Å²) in [6.07, 6.45) is 0. The smallest absolute Gasteiger partial charge is 0.258 e. The van der Waals surface area contributed by atoms with Crippen molar-refractivity contribution in [3.63, 3.8) is 0 Å². The number of rotatable bonds is 4. The number of halogens is 1. The van der Waals surface area contributed by atoms with Crippen molar-refractivity contribution in [2.24, 2.45) is 26.9 Å². The molecule has 0 saturated carbocycles. The van der Waals surface area contributed by atoms with E-state index in [2.05, 4.69) is 25.9 Å². The van der Waals surface area contributed by atoms with Crippen molar-refractivity contribution in [2.75, 3.05) is 20.9 Å². The van der Waals surface area contributed by atoms with Crippen LogP contribution in [0.5, 0.6) is 17.2 Å². The van der Waals surface area contributed by atoms with Crippen LogP contribution >= 0.6 is 15.9 Å². The van der Waals surface area contributed by atoms with E-state index < -0.39 is 0 Å². The highest BCUT2D eigenvalue weighted by atomic mass is 79.9. The second kappa shape index (κ2) is 9.30. The van der Waals surface area contributed by atoms with Gasteiger partial charge in [0, 0.05) is 18.6 Å². The molecule has 2 aromatic rings. The van der Waals surface area contributed by atoms with E-state index in [-0.39, 0.29) is 52.8 Å². The Morgan fingerprint density at radius 2 is 1.79 bits per heavy atom. The van der Waals surface area contributed by atoms with E-state index in [1.54, 1.807) is 20.2 Å². The number of amides is 1. The zero-order valence-corrected chi connectivity index (χ0v) is 20.8. The van der Waals surface area contributed by atoms with Gasteiger partial charge in [-0.1, -0.05) is 26.8 Å². The molecule has 176 valence electrons. The number of hydrogen-bond acceptors (Lipinski definition) is 6. The first-order valence-electron chi connectivity index (χ1n) is 10.2. The maximum atomic E-state index is 12.4. The lowest BCUT2D eigenvalue weighted by Crippen LogP contribution is -2.33. The zero-order chi connectivity index (χ0) is 24.5. The van der Waals surface area contributed by atoms with E-state index in [4.69, 9.17) is 20.9 Å². The van der Waals surface area contributed by atoms with Gasteiger partial charge in [-0.3, -0.25) is 9.79 Å². The number of ether oxygens (including phenoxy) is 2. The molecule has 33 heavy (non-hydrogen) atoms. The Morgan fingerprint density at radius 3 is 2.42 bits per heavy atom. The lowest BCUT2D eigenvalue weighted by molar-refractivity contribution is 0.0823. The highest BCUT2D eigenvalue weighted by molar-refractivity contribution is 9.10. The third-order valence-electron chi connectivity index (χ3n) is 5.03. The van der Waals surface area contributed by atoms with Crippen LogP contribution in [0.2, 0.25) is 0 Å².